The lowest BCUT2D eigenvalue weighted by Crippen LogP contribution is -2.16. The van der Waals surface area contributed by atoms with Gasteiger partial charge in [-0.25, -0.2) is 4.98 Å². The number of fused-ring (bicyclic) bond motifs is 2. The summed E-state index contributed by atoms with van der Waals surface area (Å²) in [6, 6.07) is 5.38. The summed E-state index contributed by atoms with van der Waals surface area (Å²) < 4.78 is 97.5. The van der Waals surface area contributed by atoms with Crippen molar-refractivity contribution in [3.05, 3.63) is 52.4 Å². The Kier molecular flexibility index (Phi) is 5.62. The Bertz CT molecular complexity index is 1960. The predicted octanol–water partition coefficient (Wildman–Crippen LogP) is 1.64. The van der Waals surface area contributed by atoms with Gasteiger partial charge in [0.05, 0.1) is 26.4 Å². The van der Waals surface area contributed by atoms with Crippen molar-refractivity contribution in [2.45, 2.75) is 21.6 Å². The summed E-state index contributed by atoms with van der Waals surface area (Å²) in [4.78, 5) is 14.8. The van der Waals surface area contributed by atoms with E-state index < -0.39 is 56.3 Å². The molecule has 2 aromatic heterocycles. The monoisotopic (exact) mass is 543 g/mol. The Balaban J connectivity index is 1.91. The number of hydrogen-bond acceptors (Lipinski definition) is 10. The highest BCUT2D eigenvalue weighted by Crippen LogP contribution is 2.31. The van der Waals surface area contributed by atoms with Crippen LogP contribution in [0.25, 0.3) is 16.6 Å². The van der Waals surface area contributed by atoms with Crippen LogP contribution in [-0.2, 0) is 30.4 Å². The van der Waals surface area contributed by atoms with Crippen molar-refractivity contribution in [3.8, 4) is 0 Å². The topological polar surface area (TPSA) is 238 Å². The van der Waals surface area contributed by atoms with E-state index >= 15 is 0 Å². The smallest absolute Gasteiger partial charge is 0.292 e. The Labute approximate surface area is 196 Å². The van der Waals surface area contributed by atoms with Crippen molar-refractivity contribution in [3.63, 3.8) is 0 Å². The van der Waals surface area contributed by atoms with E-state index in [1.165, 1.54) is 13.0 Å². The maximum atomic E-state index is 12.9. The maximum Gasteiger partial charge on any atom is 0.296 e. The Morgan fingerprint density at radius 1 is 0.857 bits per heavy atom. The molecule has 0 saturated heterocycles. The fourth-order valence-corrected chi connectivity index (χ4v) is 4.88. The third-order valence-corrected chi connectivity index (χ3v) is 7.33. The number of nitrogens with one attached hydrogen (secondary N) is 1. The van der Waals surface area contributed by atoms with E-state index in [-0.39, 0.29) is 27.9 Å². The molecule has 184 valence electrons. The summed E-state index contributed by atoms with van der Waals surface area (Å²) in [6.07, 6.45) is 0. The van der Waals surface area contributed by atoms with Gasteiger partial charge in [-0.3, -0.25) is 23.6 Å². The van der Waals surface area contributed by atoms with Crippen LogP contribution in [-0.4, -0.2) is 53.5 Å². The SMILES string of the molecule is Cc1[nH]n2c(=O)c3cc(S(=O)(=O)O)ccc3nc2c1N=Nc1ccc(S(=O)(=O)O)cc1S(=O)(=O)O. The highest BCUT2D eigenvalue weighted by Gasteiger charge is 2.21. The van der Waals surface area contributed by atoms with E-state index in [2.05, 4.69) is 20.3 Å². The van der Waals surface area contributed by atoms with Crippen LogP contribution < -0.4 is 5.56 Å². The van der Waals surface area contributed by atoms with Crippen LogP contribution >= 0.6 is 0 Å². The fraction of sp³-hybridized carbons (Fsp3) is 0.0588. The van der Waals surface area contributed by atoms with Crippen molar-refractivity contribution in [2.75, 3.05) is 0 Å². The highest BCUT2D eigenvalue weighted by atomic mass is 32.2. The van der Waals surface area contributed by atoms with Gasteiger partial charge in [0.1, 0.15) is 10.6 Å². The molecule has 2 aromatic carbocycles. The van der Waals surface area contributed by atoms with Gasteiger partial charge in [0, 0.05) is 0 Å². The fourth-order valence-electron chi connectivity index (χ4n) is 3.14. The van der Waals surface area contributed by atoms with E-state index in [9.17, 15) is 39.2 Å². The van der Waals surface area contributed by atoms with E-state index in [1.54, 1.807) is 0 Å². The molecule has 4 rings (SSSR count). The van der Waals surface area contributed by atoms with E-state index in [4.69, 9.17) is 4.55 Å². The molecular formula is C17H13N5O10S3. The highest BCUT2D eigenvalue weighted by molar-refractivity contribution is 7.86. The number of azo groups is 1. The molecule has 15 nitrogen and oxygen atoms in total. The molecule has 0 radical (unpaired) electrons. The second-order valence-electron chi connectivity index (χ2n) is 7.10. The predicted molar refractivity (Wildman–Crippen MR) is 118 cm³/mol. The molecule has 35 heavy (non-hydrogen) atoms. The van der Waals surface area contributed by atoms with Gasteiger partial charge in [0.2, 0.25) is 0 Å². The van der Waals surface area contributed by atoms with Gasteiger partial charge in [-0.2, -0.15) is 29.8 Å². The molecule has 0 aliphatic heterocycles. The van der Waals surface area contributed by atoms with E-state index in [0.29, 0.717) is 6.07 Å². The molecule has 0 aliphatic carbocycles. The minimum Gasteiger partial charge on any atom is -0.292 e. The summed E-state index contributed by atoms with van der Waals surface area (Å²) in [5, 5.41) is 10.1. The zero-order valence-corrected chi connectivity index (χ0v) is 19.6. The lowest BCUT2D eigenvalue weighted by molar-refractivity contribution is 0.479. The molecule has 4 N–H and O–H groups in total. The maximum absolute atomic E-state index is 12.9. The number of aromatic amines is 1. The number of hydrogen-bond donors (Lipinski definition) is 4. The summed E-state index contributed by atoms with van der Waals surface area (Å²) in [5.41, 5.74) is -1.06. The average molecular weight is 544 g/mol. The van der Waals surface area contributed by atoms with Crippen molar-refractivity contribution >= 4 is 58.3 Å². The molecule has 0 aliphatic rings. The van der Waals surface area contributed by atoms with Gasteiger partial charge in [0.25, 0.3) is 35.9 Å². The van der Waals surface area contributed by atoms with Crippen LogP contribution in [0.1, 0.15) is 5.69 Å². The Hall–Kier alpha value is -3.55. The van der Waals surface area contributed by atoms with E-state index in [0.717, 1.165) is 28.8 Å². The molecule has 0 bridgehead atoms. The number of nitrogens with zero attached hydrogens (tertiary/aromatic N) is 4. The molecular weight excluding hydrogens is 530 g/mol. The van der Waals surface area contributed by atoms with Crippen molar-refractivity contribution in [1.82, 2.24) is 14.6 Å². The molecule has 0 amide bonds. The minimum absolute atomic E-state index is 0.0389. The van der Waals surface area contributed by atoms with Gasteiger partial charge in [-0.1, -0.05) is 0 Å². The first kappa shape index (κ1) is 24.6. The number of aryl methyl sites for hydroxylation is 1. The quantitative estimate of drug-likeness (QED) is 0.208. The Morgan fingerprint density at radius 3 is 2.06 bits per heavy atom. The van der Waals surface area contributed by atoms with Crippen LogP contribution in [0.2, 0.25) is 0 Å². The summed E-state index contributed by atoms with van der Waals surface area (Å²) in [6.45, 7) is 1.47. The molecule has 0 unspecified atom stereocenters. The largest absolute Gasteiger partial charge is 0.296 e. The number of aromatic nitrogens is 3. The van der Waals surface area contributed by atoms with E-state index in [1.807, 2.05) is 0 Å². The first-order valence-corrected chi connectivity index (χ1v) is 13.4. The van der Waals surface area contributed by atoms with Gasteiger partial charge >= 0.3 is 0 Å². The first-order valence-electron chi connectivity index (χ1n) is 9.11. The molecule has 0 atom stereocenters. The molecule has 0 spiro atoms. The van der Waals surface area contributed by atoms with Gasteiger partial charge in [0.15, 0.2) is 11.3 Å². The van der Waals surface area contributed by atoms with Crippen molar-refractivity contribution in [1.29, 1.82) is 0 Å². The summed E-state index contributed by atoms with van der Waals surface area (Å²) in [5.74, 6) is 0. The third kappa shape index (κ3) is 4.57. The number of rotatable bonds is 5. The summed E-state index contributed by atoms with van der Waals surface area (Å²) in [7, 11) is -14.4. The van der Waals surface area contributed by atoms with Crippen molar-refractivity contribution in [2.24, 2.45) is 10.2 Å². The van der Waals surface area contributed by atoms with Crippen LogP contribution in [0.5, 0.6) is 0 Å². The van der Waals surface area contributed by atoms with Crippen molar-refractivity contribution < 1.29 is 38.9 Å². The van der Waals surface area contributed by atoms with Gasteiger partial charge < -0.3 is 0 Å². The standard InChI is InChI=1S/C17H13N5O10S3/c1-8-15(20-19-13-5-3-10(34(27,28)29)7-14(13)35(30,31)32)16-18-12-4-2-9(33(24,25)26)6-11(12)17(23)22(16)21-8/h2-7,21H,1H3,(H,24,25,26)(H,27,28,29)(H,30,31,32). The number of H-pyrrole nitrogens is 1. The molecule has 0 fully saturated rings. The van der Waals surface area contributed by atoms with Crippen LogP contribution in [0.3, 0.4) is 0 Å². The zero-order valence-electron chi connectivity index (χ0n) is 17.2. The molecule has 0 saturated carbocycles. The van der Waals surface area contributed by atoms with Gasteiger partial charge in [-0.05, 0) is 43.3 Å². The Morgan fingerprint density at radius 2 is 1.46 bits per heavy atom. The molecule has 18 heteroatoms. The first-order chi connectivity index (χ1) is 16.1. The van der Waals surface area contributed by atoms with Crippen LogP contribution in [0.4, 0.5) is 11.4 Å². The average Bonchev–Trinajstić information content (AvgIpc) is 3.05. The minimum atomic E-state index is -4.99. The molecule has 4 aromatic rings. The third-order valence-electron chi connectivity index (χ3n) is 4.75. The van der Waals surface area contributed by atoms with Gasteiger partial charge in [-0.15, -0.1) is 10.2 Å². The normalized spacial score (nSPS) is 13.3. The second-order valence-corrected chi connectivity index (χ2v) is 11.3. The molecule has 2 heterocycles. The van der Waals surface area contributed by atoms with Crippen LogP contribution in [0, 0.1) is 6.92 Å². The zero-order chi connectivity index (χ0) is 25.9. The number of benzene rings is 2. The lowest BCUT2D eigenvalue weighted by atomic mass is 10.2. The summed E-state index contributed by atoms with van der Waals surface area (Å²) >= 11 is 0. The lowest BCUT2D eigenvalue weighted by Gasteiger charge is -2.04. The van der Waals surface area contributed by atoms with Crippen LogP contribution in [0.15, 0.2) is 66.1 Å². The second kappa shape index (κ2) is 8.00.